The second kappa shape index (κ2) is 6.82. The fraction of sp³-hybridized carbons (Fsp3) is 0.160. The molecule has 0 spiro atoms. The molecule has 0 aliphatic heterocycles. The monoisotopic (exact) mass is 381 g/mol. The number of guanidine groups is 1. The van der Waals surface area contributed by atoms with Crippen LogP contribution in [0.5, 0.6) is 5.75 Å². The number of aliphatic imine (C=N–C) groups is 1. The first kappa shape index (κ1) is 17.6. The van der Waals surface area contributed by atoms with Gasteiger partial charge in [-0.1, -0.05) is 48.5 Å². The predicted molar refractivity (Wildman–Crippen MR) is 122 cm³/mol. The zero-order chi connectivity index (χ0) is 20.0. The Bertz CT molecular complexity index is 1280. The molecule has 5 rings (SSSR count). The number of nitrogens with zero attached hydrogens (tertiary/aromatic N) is 2. The van der Waals surface area contributed by atoms with E-state index in [1.54, 1.807) is 7.11 Å². The fourth-order valence-corrected chi connectivity index (χ4v) is 4.38. The summed E-state index contributed by atoms with van der Waals surface area (Å²) in [5.74, 6) is 1.26. The highest BCUT2D eigenvalue weighted by molar-refractivity contribution is 6.02. The van der Waals surface area contributed by atoms with Crippen LogP contribution in [0.4, 0.5) is 11.4 Å². The lowest BCUT2D eigenvalue weighted by Gasteiger charge is -2.21. The van der Waals surface area contributed by atoms with Gasteiger partial charge in [0.1, 0.15) is 5.75 Å². The molecule has 4 aromatic carbocycles. The average Bonchev–Trinajstić information content (AvgIpc) is 3.19. The van der Waals surface area contributed by atoms with Crippen LogP contribution in [0.3, 0.4) is 0 Å². The second-order valence-electron chi connectivity index (χ2n) is 7.48. The van der Waals surface area contributed by atoms with Crippen molar-refractivity contribution in [3.05, 3.63) is 77.9 Å². The van der Waals surface area contributed by atoms with Crippen molar-refractivity contribution < 1.29 is 4.74 Å². The van der Waals surface area contributed by atoms with Crippen LogP contribution in [0.1, 0.15) is 11.1 Å². The Hall–Kier alpha value is -3.53. The Morgan fingerprint density at radius 3 is 2.66 bits per heavy atom. The number of aryl methyl sites for hydroxylation is 2. The predicted octanol–water partition coefficient (Wildman–Crippen LogP) is 5.18. The number of methoxy groups -OCH3 is 1. The molecule has 0 amide bonds. The molecule has 1 aliphatic carbocycles. The molecule has 0 saturated carbocycles. The van der Waals surface area contributed by atoms with Gasteiger partial charge in [0.2, 0.25) is 5.96 Å². The van der Waals surface area contributed by atoms with E-state index in [-0.39, 0.29) is 0 Å². The van der Waals surface area contributed by atoms with E-state index in [1.165, 1.54) is 21.9 Å². The average molecular weight is 381 g/mol. The van der Waals surface area contributed by atoms with E-state index in [1.807, 2.05) is 42.3 Å². The lowest BCUT2D eigenvalue weighted by atomic mass is 10.0. The summed E-state index contributed by atoms with van der Waals surface area (Å²) in [7, 11) is 3.66. The van der Waals surface area contributed by atoms with E-state index in [0.717, 1.165) is 40.7 Å². The number of fused-ring (bicyclic) bond motifs is 1. The Morgan fingerprint density at radius 1 is 0.966 bits per heavy atom. The summed E-state index contributed by atoms with van der Waals surface area (Å²) < 4.78 is 5.56. The van der Waals surface area contributed by atoms with Crippen LogP contribution in [-0.2, 0) is 12.8 Å². The standard InChI is InChI=1S/C25H23N3O/c1-28(22-13-11-17-8-5-7-16-10-12-21(22)24(16)17)25(26)27-19-14-18-6-3-4-9-20(18)23(15-19)29-2/h3-9,11,13-15H,10,12H2,1-2H3,(H2,26,27). The highest BCUT2D eigenvalue weighted by Crippen LogP contribution is 2.37. The summed E-state index contributed by atoms with van der Waals surface area (Å²) in [4.78, 5) is 6.69. The first-order chi connectivity index (χ1) is 14.2. The van der Waals surface area contributed by atoms with Crippen molar-refractivity contribution >= 4 is 38.9 Å². The van der Waals surface area contributed by atoms with E-state index in [9.17, 15) is 0 Å². The third-order valence-corrected chi connectivity index (χ3v) is 5.84. The van der Waals surface area contributed by atoms with Crippen molar-refractivity contribution in [3.63, 3.8) is 0 Å². The first-order valence-electron chi connectivity index (χ1n) is 9.84. The Kier molecular flexibility index (Phi) is 4.13. The number of anilines is 1. The lowest BCUT2D eigenvalue weighted by molar-refractivity contribution is 0.420. The molecule has 0 radical (unpaired) electrons. The summed E-state index contributed by atoms with van der Waals surface area (Å²) in [5, 5.41) is 4.81. The van der Waals surface area contributed by atoms with Crippen LogP contribution in [0.15, 0.2) is 71.7 Å². The van der Waals surface area contributed by atoms with E-state index < -0.39 is 0 Å². The van der Waals surface area contributed by atoms with Crippen molar-refractivity contribution in [3.8, 4) is 5.75 Å². The van der Waals surface area contributed by atoms with Gasteiger partial charge in [0.15, 0.2) is 0 Å². The van der Waals surface area contributed by atoms with Gasteiger partial charge in [-0.05, 0) is 52.3 Å². The van der Waals surface area contributed by atoms with Crippen LogP contribution < -0.4 is 15.4 Å². The molecule has 144 valence electrons. The van der Waals surface area contributed by atoms with Gasteiger partial charge in [0.05, 0.1) is 12.8 Å². The molecular formula is C25H23N3O. The summed E-state index contributed by atoms with van der Waals surface area (Å²) in [6.07, 6.45) is 2.11. The Labute approximate surface area is 170 Å². The molecule has 4 heteroatoms. The summed E-state index contributed by atoms with van der Waals surface area (Å²) >= 11 is 0. The third kappa shape index (κ3) is 2.88. The number of nitrogens with two attached hydrogens (primary N) is 1. The maximum Gasteiger partial charge on any atom is 0.200 e. The minimum absolute atomic E-state index is 0.460. The van der Waals surface area contributed by atoms with E-state index in [4.69, 9.17) is 15.5 Å². The van der Waals surface area contributed by atoms with E-state index >= 15 is 0 Å². The number of rotatable bonds is 3. The molecule has 1 aliphatic rings. The van der Waals surface area contributed by atoms with Gasteiger partial charge in [-0.2, -0.15) is 0 Å². The number of benzene rings is 4. The van der Waals surface area contributed by atoms with Crippen molar-refractivity contribution in [1.82, 2.24) is 0 Å². The van der Waals surface area contributed by atoms with Crippen LogP contribution >= 0.6 is 0 Å². The molecule has 0 aromatic heterocycles. The van der Waals surface area contributed by atoms with Gasteiger partial charge in [-0.3, -0.25) is 0 Å². The van der Waals surface area contributed by atoms with Crippen molar-refractivity contribution in [2.75, 3.05) is 19.1 Å². The van der Waals surface area contributed by atoms with Crippen LogP contribution in [0, 0.1) is 0 Å². The number of hydrogen-bond donors (Lipinski definition) is 1. The fourth-order valence-electron chi connectivity index (χ4n) is 4.38. The van der Waals surface area contributed by atoms with Crippen molar-refractivity contribution in [2.45, 2.75) is 12.8 Å². The quantitative estimate of drug-likeness (QED) is 0.393. The second-order valence-corrected chi connectivity index (χ2v) is 7.48. The molecule has 0 heterocycles. The van der Waals surface area contributed by atoms with Gasteiger partial charge < -0.3 is 15.4 Å². The highest BCUT2D eigenvalue weighted by Gasteiger charge is 2.20. The van der Waals surface area contributed by atoms with Gasteiger partial charge in [0.25, 0.3) is 0 Å². The summed E-state index contributed by atoms with van der Waals surface area (Å²) in [6, 6.07) is 23.0. The van der Waals surface area contributed by atoms with E-state index in [2.05, 4.69) is 36.4 Å². The molecule has 0 bridgehead atoms. The zero-order valence-corrected chi connectivity index (χ0v) is 16.6. The van der Waals surface area contributed by atoms with Gasteiger partial charge in [0, 0.05) is 24.2 Å². The topological polar surface area (TPSA) is 50.9 Å². The third-order valence-electron chi connectivity index (χ3n) is 5.84. The smallest absolute Gasteiger partial charge is 0.200 e. The highest BCUT2D eigenvalue weighted by atomic mass is 16.5. The summed E-state index contributed by atoms with van der Waals surface area (Å²) in [6.45, 7) is 0. The minimum atomic E-state index is 0.460. The van der Waals surface area contributed by atoms with Crippen molar-refractivity contribution in [1.29, 1.82) is 0 Å². The first-order valence-corrected chi connectivity index (χ1v) is 9.84. The normalized spacial score (nSPS) is 13.2. The van der Waals surface area contributed by atoms with E-state index in [0.29, 0.717) is 5.96 Å². The van der Waals surface area contributed by atoms with Crippen LogP contribution in [0.25, 0.3) is 21.5 Å². The maximum atomic E-state index is 6.44. The molecule has 29 heavy (non-hydrogen) atoms. The molecule has 0 fully saturated rings. The van der Waals surface area contributed by atoms with Crippen molar-refractivity contribution in [2.24, 2.45) is 10.7 Å². The zero-order valence-electron chi connectivity index (χ0n) is 16.6. The summed E-state index contributed by atoms with van der Waals surface area (Å²) in [5.41, 5.74) is 11.1. The molecular weight excluding hydrogens is 358 g/mol. The molecule has 0 unspecified atom stereocenters. The lowest BCUT2D eigenvalue weighted by Crippen LogP contribution is -2.34. The van der Waals surface area contributed by atoms with Gasteiger partial charge >= 0.3 is 0 Å². The molecule has 4 nitrogen and oxygen atoms in total. The van der Waals surface area contributed by atoms with Crippen LogP contribution in [0.2, 0.25) is 0 Å². The molecule has 4 aromatic rings. The maximum absolute atomic E-state index is 6.44. The Balaban J connectivity index is 1.56. The number of hydrogen-bond acceptors (Lipinski definition) is 2. The SMILES string of the molecule is COc1cc(N=C(N)N(C)c2ccc3cccc4c3c2CC4)cc2ccccc12. The van der Waals surface area contributed by atoms with Crippen LogP contribution in [-0.4, -0.2) is 20.1 Å². The molecule has 0 saturated heterocycles. The van der Waals surface area contributed by atoms with Gasteiger partial charge in [-0.25, -0.2) is 4.99 Å². The molecule has 2 N–H and O–H groups in total. The largest absolute Gasteiger partial charge is 0.496 e. The Morgan fingerprint density at radius 2 is 1.79 bits per heavy atom. The minimum Gasteiger partial charge on any atom is -0.496 e. The number of ether oxygens (including phenoxy) is 1. The van der Waals surface area contributed by atoms with Gasteiger partial charge in [-0.15, -0.1) is 0 Å². The molecule has 0 atom stereocenters.